The number of sulfonamides is 1. The average Bonchev–Trinajstić information content (AvgIpc) is 2.85. The molecule has 3 N–H and O–H groups in total. The van der Waals surface area contributed by atoms with Crippen molar-refractivity contribution in [1.82, 2.24) is 15.0 Å². The lowest BCUT2D eigenvalue weighted by molar-refractivity contribution is 0.102. The lowest BCUT2D eigenvalue weighted by Crippen LogP contribution is -2.37. The number of rotatable bonds is 9. The summed E-state index contributed by atoms with van der Waals surface area (Å²) in [4.78, 5) is 16.8. The van der Waals surface area contributed by atoms with Crippen LogP contribution in [0.1, 0.15) is 47.2 Å². The van der Waals surface area contributed by atoms with Gasteiger partial charge >= 0.3 is 0 Å². The van der Waals surface area contributed by atoms with Gasteiger partial charge in [-0.25, -0.2) is 13.1 Å². The van der Waals surface area contributed by atoms with Gasteiger partial charge in [0.05, 0.1) is 4.90 Å². The first kappa shape index (κ1) is 24.1. The van der Waals surface area contributed by atoms with Gasteiger partial charge < -0.3 is 10.6 Å². The Kier molecular flexibility index (Phi) is 8.05. The van der Waals surface area contributed by atoms with Gasteiger partial charge in [-0.2, -0.15) is 0 Å². The van der Waals surface area contributed by atoms with Crippen molar-refractivity contribution < 1.29 is 13.2 Å². The van der Waals surface area contributed by atoms with Gasteiger partial charge in [0.2, 0.25) is 10.0 Å². The molecule has 1 aromatic heterocycles. The molecular formula is C26H30N4O3S. The van der Waals surface area contributed by atoms with Crippen molar-refractivity contribution in [3.8, 4) is 0 Å². The standard InChI is InChI=1S/C26H30N4O3S/c31-26(30-24-10-14-27-15-11-24)22-7-3-5-20(18-22)17-21-6-4-9-25(19-21)34(32,33)29-16-12-23-8-1-2-13-28-23/h3-7,9-11,14-15,18-19,23,28-29H,1-2,8,12-13,16-17H2,(H,27,30,31). The molecule has 4 rings (SSSR count). The molecule has 0 spiro atoms. The highest BCUT2D eigenvalue weighted by Crippen LogP contribution is 2.17. The van der Waals surface area contributed by atoms with Crippen molar-refractivity contribution in [3.05, 3.63) is 89.7 Å². The minimum atomic E-state index is -3.58. The second-order valence-corrected chi connectivity index (χ2v) is 10.3. The number of benzene rings is 2. The quantitative estimate of drug-likeness (QED) is 0.435. The first-order chi connectivity index (χ1) is 16.5. The Morgan fingerprint density at radius 3 is 2.53 bits per heavy atom. The summed E-state index contributed by atoms with van der Waals surface area (Å²) in [5.74, 6) is -0.207. The molecule has 0 aliphatic carbocycles. The zero-order chi connectivity index (χ0) is 23.8. The molecule has 1 amide bonds. The van der Waals surface area contributed by atoms with E-state index in [1.807, 2.05) is 24.3 Å². The average molecular weight is 479 g/mol. The second-order valence-electron chi connectivity index (χ2n) is 8.55. The molecule has 1 saturated heterocycles. The van der Waals surface area contributed by atoms with Crippen molar-refractivity contribution >= 4 is 21.6 Å². The van der Waals surface area contributed by atoms with E-state index in [1.165, 1.54) is 12.8 Å². The molecule has 34 heavy (non-hydrogen) atoms. The highest BCUT2D eigenvalue weighted by molar-refractivity contribution is 7.89. The summed E-state index contributed by atoms with van der Waals surface area (Å²) in [6.45, 7) is 1.42. The van der Waals surface area contributed by atoms with Crippen LogP contribution in [-0.2, 0) is 16.4 Å². The molecule has 7 nitrogen and oxygen atoms in total. The predicted octanol–water partition coefficient (Wildman–Crippen LogP) is 3.74. The Bertz CT molecular complexity index is 1210. The summed E-state index contributed by atoms with van der Waals surface area (Å²) in [5.41, 5.74) is 3.00. The van der Waals surface area contributed by atoms with Gasteiger partial charge in [-0.05, 0) is 79.8 Å². The maximum absolute atomic E-state index is 12.8. The number of hydrogen-bond donors (Lipinski definition) is 3. The first-order valence-electron chi connectivity index (χ1n) is 11.6. The number of aromatic nitrogens is 1. The number of nitrogens with zero attached hydrogens (tertiary/aromatic N) is 1. The number of carbonyl (C=O) groups is 1. The molecule has 0 saturated carbocycles. The molecular weight excluding hydrogens is 448 g/mol. The minimum absolute atomic E-state index is 0.207. The zero-order valence-corrected chi connectivity index (χ0v) is 19.9. The number of amides is 1. The summed E-state index contributed by atoms with van der Waals surface area (Å²) in [6.07, 6.45) is 8.02. The van der Waals surface area contributed by atoms with E-state index >= 15 is 0 Å². The van der Waals surface area contributed by atoms with E-state index in [9.17, 15) is 13.2 Å². The molecule has 1 aliphatic heterocycles. The molecule has 2 heterocycles. The van der Waals surface area contributed by atoms with Gasteiger partial charge in [0, 0.05) is 36.2 Å². The number of nitrogens with one attached hydrogen (secondary N) is 3. The van der Waals surface area contributed by atoms with Crippen LogP contribution in [0.5, 0.6) is 0 Å². The maximum atomic E-state index is 12.8. The van der Waals surface area contributed by atoms with Gasteiger partial charge in [-0.1, -0.05) is 30.7 Å². The summed E-state index contributed by atoms with van der Waals surface area (Å²) in [6, 6.07) is 18.2. The Hall–Kier alpha value is -3.07. The van der Waals surface area contributed by atoms with E-state index in [1.54, 1.807) is 48.8 Å². The fourth-order valence-electron chi connectivity index (χ4n) is 4.14. The molecule has 3 aromatic rings. The SMILES string of the molecule is O=C(Nc1ccncc1)c1cccc(Cc2cccc(S(=O)(=O)NCCC3CCCCN3)c2)c1. The largest absolute Gasteiger partial charge is 0.322 e. The highest BCUT2D eigenvalue weighted by atomic mass is 32.2. The summed E-state index contributed by atoms with van der Waals surface area (Å²) >= 11 is 0. The van der Waals surface area contributed by atoms with Crippen LogP contribution >= 0.6 is 0 Å². The molecule has 2 aromatic carbocycles. The van der Waals surface area contributed by atoms with Crippen LogP contribution in [0.25, 0.3) is 0 Å². The first-order valence-corrected chi connectivity index (χ1v) is 13.1. The smallest absolute Gasteiger partial charge is 0.255 e. The topological polar surface area (TPSA) is 100 Å². The monoisotopic (exact) mass is 478 g/mol. The predicted molar refractivity (Wildman–Crippen MR) is 133 cm³/mol. The fraction of sp³-hybridized carbons (Fsp3) is 0.308. The van der Waals surface area contributed by atoms with Gasteiger partial charge in [-0.15, -0.1) is 0 Å². The van der Waals surface area contributed by atoms with Crippen LogP contribution in [0.2, 0.25) is 0 Å². The normalized spacial score (nSPS) is 16.2. The lowest BCUT2D eigenvalue weighted by Gasteiger charge is -2.23. The number of carbonyl (C=O) groups excluding carboxylic acids is 1. The van der Waals surface area contributed by atoms with Gasteiger partial charge in [0.25, 0.3) is 5.91 Å². The van der Waals surface area contributed by atoms with E-state index in [0.717, 1.165) is 30.5 Å². The Morgan fingerprint density at radius 2 is 1.76 bits per heavy atom. The second kappa shape index (κ2) is 11.4. The number of piperidine rings is 1. The molecule has 8 heteroatoms. The lowest BCUT2D eigenvalue weighted by atomic mass is 10.0. The molecule has 1 unspecified atom stereocenters. The Balaban J connectivity index is 1.39. The molecule has 1 atom stereocenters. The van der Waals surface area contributed by atoms with Crippen LogP contribution < -0.4 is 15.4 Å². The minimum Gasteiger partial charge on any atom is -0.322 e. The maximum Gasteiger partial charge on any atom is 0.255 e. The van der Waals surface area contributed by atoms with Crippen LogP contribution in [0.3, 0.4) is 0 Å². The van der Waals surface area contributed by atoms with Crippen molar-refractivity contribution in [2.75, 3.05) is 18.4 Å². The highest BCUT2D eigenvalue weighted by Gasteiger charge is 2.17. The molecule has 0 radical (unpaired) electrons. The van der Waals surface area contributed by atoms with E-state index < -0.39 is 10.0 Å². The van der Waals surface area contributed by atoms with E-state index in [4.69, 9.17) is 0 Å². The third-order valence-corrected chi connectivity index (χ3v) is 7.40. The van der Waals surface area contributed by atoms with Crippen LogP contribution in [0.4, 0.5) is 5.69 Å². The Labute approximate surface area is 201 Å². The molecule has 0 bridgehead atoms. The Morgan fingerprint density at radius 1 is 1.00 bits per heavy atom. The summed E-state index contributed by atoms with van der Waals surface area (Å²) < 4.78 is 28.3. The van der Waals surface area contributed by atoms with Crippen LogP contribution in [-0.4, -0.2) is 38.4 Å². The number of anilines is 1. The third kappa shape index (κ3) is 6.72. The summed E-state index contributed by atoms with van der Waals surface area (Å²) in [5, 5.41) is 6.29. The molecule has 1 fully saturated rings. The third-order valence-electron chi connectivity index (χ3n) is 5.94. The van der Waals surface area contributed by atoms with E-state index in [2.05, 4.69) is 20.3 Å². The van der Waals surface area contributed by atoms with Gasteiger partial charge in [-0.3, -0.25) is 9.78 Å². The zero-order valence-electron chi connectivity index (χ0n) is 19.0. The van der Waals surface area contributed by atoms with Gasteiger partial charge in [0.15, 0.2) is 0 Å². The van der Waals surface area contributed by atoms with Crippen LogP contribution in [0, 0.1) is 0 Å². The number of hydrogen-bond acceptors (Lipinski definition) is 5. The van der Waals surface area contributed by atoms with Crippen molar-refractivity contribution in [2.24, 2.45) is 0 Å². The van der Waals surface area contributed by atoms with Crippen molar-refractivity contribution in [3.63, 3.8) is 0 Å². The van der Waals surface area contributed by atoms with E-state index in [-0.39, 0.29) is 10.8 Å². The molecule has 178 valence electrons. The summed E-state index contributed by atoms with van der Waals surface area (Å²) in [7, 11) is -3.58. The van der Waals surface area contributed by atoms with Crippen molar-refractivity contribution in [2.45, 2.75) is 43.0 Å². The molecule has 1 aliphatic rings. The fourth-order valence-corrected chi connectivity index (χ4v) is 5.26. The van der Waals surface area contributed by atoms with Gasteiger partial charge in [0.1, 0.15) is 0 Å². The van der Waals surface area contributed by atoms with Crippen molar-refractivity contribution in [1.29, 1.82) is 0 Å². The number of pyridine rings is 1. The van der Waals surface area contributed by atoms with Crippen LogP contribution in [0.15, 0.2) is 78.0 Å². The van der Waals surface area contributed by atoms with E-state index in [0.29, 0.717) is 30.3 Å².